The number of hydrogen-bond donors (Lipinski definition) is 1. The molecule has 0 aliphatic rings. The number of carbonyl (C=O) groups excluding carboxylic acids is 1. The Labute approximate surface area is 111 Å². The molecule has 0 aliphatic heterocycles. The second-order valence-electron chi connectivity index (χ2n) is 5.76. The minimum Gasteiger partial charge on any atom is -0.453 e. The number of carbonyl (C=O) groups is 1. The predicted octanol–water partition coefficient (Wildman–Crippen LogP) is 2.73. The van der Waals surface area contributed by atoms with E-state index in [0.29, 0.717) is 13.0 Å². The Morgan fingerprint density at radius 3 is 2.22 bits per heavy atom. The predicted molar refractivity (Wildman–Crippen MR) is 74.1 cm³/mol. The van der Waals surface area contributed by atoms with Crippen LogP contribution < -0.4 is 5.32 Å². The summed E-state index contributed by atoms with van der Waals surface area (Å²) in [4.78, 5) is 11.1. The first-order valence-corrected chi connectivity index (χ1v) is 9.06. The van der Waals surface area contributed by atoms with E-state index < -0.39 is 14.4 Å². The fourth-order valence-electron chi connectivity index (χ4n) is 1.08. The van der Waals surface area contributed by atoms with E-state index in [9.17, 15) is 4.79 Å². The average molecular weight is 277 g/mol. The molecule has 0 aromatic carbocycles. The Kier molecular flexibility index (Phi) is 6.87. The average Bonchev–Trinajstić information content (AvgIpc) is 2.25. The lowest BCUT2D eigenvalue weighted by Gasteiger charge is -2.36. The molecule has 0 aromatic rings. The van der Waals surface area contributed by atoms with Gasteiger partial charge in [-0.2, -0.15) is 0 Å². The molecule has 18 heavy (non-hydrogen) atoms. The third kappa shape index (κ3) is 5.84. The maximum Gasteiger partial charge on any atom is 0.408 e. The van der Waals surface area contributed by atoms with Crippen LogP contribution >= 0.6 is 0 Å². The van der Waals surface area contributed by atoms with Crippen molar-refractivity contribution < 1.29 is 18.7 Å². The van der Waals surface area contributed by atoms with Gasteiger partial charge in [-0.05, 0) is 18.1 Å². The smallest absolute Gasteiger partial charge is 0.408 e. The summed E-state index contributed by atoms with van der Waals surface area (Å²) in [6.07, 6.45) is -0.255. The van der Waals surface area contributed by atoms with Crippen molar-refractivity contribution in [2.45, 2.75) is 51.6 Å². The number of rotatable bonds is 6. The highest BCUT2D eigenvalue weighted by atomic mass is 28.4. The molecule has 1 N–H and O–H groups in total. The van der Waals surface area contributed by atoms with Crippen LogP contribution in [0, 0.1) is 0 Å². The highest BCUT2D eigenvalue weighted by Gasteiger charge is 2.37. The number of alkyl carbamates (subject to hydrolysis) is 1. The molecule has 108 valence electrons. The third-order valence-corrected chi connectivity index (χ3v) is 7.94. The Balaban J connectivity index is 4.12. The highest BCUT2D eigenvalue weighted by Crippen LogP contribution is 2.36. The summed E-state index contributed by atoms with van der Waals surface area (Å²) in [6.45, 7) is 11.5. The van der Waals surface area contributed by atoms with Crippen LogP contribution in [0.2, 0.25) is 18.1 Å². The fourth-order valence-corrected chi connectivity index (χ4v) is 2.14. The zero-order chi connectivity index (χ0) is 14.4. The first kappa shape index (κ1) is 17.4. The second kappa shape index (κ2) is 7.11. The van der Waals surface area contributed by atoms with Gasteiger partial charge in [0.05, 0.1) is 7.11 Å². The van der Waals surface area contributed by atoms with Crippen molar-refractivity contribution in [3.05, 3.63) is 0 Å². The molecule has 1 amide bonds. The van der Waals surface area contributed by atoms with E-state index in [4.69, 9.17) is 9.16 Å². The molecular weight excluding hydrogens is 250 g/mol. The quantitative estimate of drug-likeness (QED) is 0.599. The van der Waals surface area contributed by atoms with Gasteiger partial charge in [0.2, 0.25) is 0 Å². The molecule has 0 heterocycles. The second-order valence-corrected chi connectivity index (χ2v) is 10.6. The summed E-state index contributed by atoms with van der Waals surface area (Å²) < 4.78 is 15.7. The molecule has 0 saturated heterocycles. The van der Waals surface area contributed by atoms with Crippen LogP contribution in [0.3, 0.4) is 0 Å². The van der Waals surface area contributed by atoms with Gasteiger partial charge in [0, 0.05) is 20.1 Å². The van der Waals surface area contributed by atoms with Crippen molar-refractivity contribution in [3.8, 4) is 0 Å². The van der Waals surface area contributed by atoms with Crippen molar-refractivity contribution in [2.75, 3.05) is 20.8 Å². The van der Waals surface area contributed by atoms with Crippen LogP contribution in [0.15, 0.2) is 0 Å². The van der Waals surface area contributed by atoms with E-state index in [-0.39, 0.29) is 11.3 Å². The van der Waals surface area contributed by atoms with E-state index in [1.807, 2.05) is 0 Å². The van der Waals surface area contributed by atoms with Gasteiger partial charge < -0.3 is 13.9 Å². The van der Waals surface area contributed by atoms with Gasteiger partial charge in [0.1, 0.15) is 6.23 Å². The van der Waals surface area contributed by atoms with Crippen LogP contribution in [-0.2, 0) is 13.9 Å². The highest BCUT2D eigenvalue weighted by molar-refractivity contribution is 6.74. The van der Waals surface area contributed by atoms with Crippen molar-refractivity contribution in [1.29, 1.82) is 0 Å². The third-order valence-electron chi connectivity index (χ3n) is 3.40. The molecular formula is C12H27NO4Si. The SMILES string of the molecule is COC(=O)NC(CCO[Si](C)(C)C(C)(C)C)OC. The van der Waals surface area contributed by atoms with E-state index >= 15 is 0 Å². The first-order valence-electron chi connectivity index (χ1n) is 6.15. The monoisotopic (exact) mass is 277 g/mol. The molecule has 0 radical (unpaired) electrons. The van der Waals surface area contributed by atoms with Crippen LogP contribution in [-0.4, -0.2) is 41.5 Å². The molecule has 0 aromatic heterocycles. The number of hydrogen-bond acceptors (Lipinski definition) is 4. The Bertz CT molecular complexity index is 263. The minimum absolute atomic E-state index is 0.186. The van der Waals surface area contributed by atoms with Crippen LogP contribution in [0.1, 0.15) is 27.2 Å². The molecule has 0 saturated carbocycles. The molecule has 6 heteroatoms. The van der Waals surface area contributed by atoms with Gasteiger partial charge in [-0.1, -0.05) is 20.8 Å². The zero-order valence-electron chi connectivity index (χ0n) is 12.6. The zero-order valence-corrected chi connectivity index (χ0v) is 13.6. The molecule has 0 bridgehead atoms. The van der Waals surface area contributed by atoms with Gasteiger partial charge >= 0.3 is 6.09 Å². The topological polar surface area (TPSA) is 56.8 Å². The molecule has 0 fully saturated rings. The first-order chi connectivity index (χ1) is 8.14. The van der Waals surface area contributed by atoms with Crippen LogP contribution in [0.25, 0.3) is 0 Å². The lowest BCUT2D eigenvalue weighted by atomic mass is 10.2. The molecule has 0 spiro atoms. The van der Waals surface area contributed by atoms with E-state index in [1.165, 1.54) is 7.11 Å². The van der Waals surface area contributed by atoms with E-state index in [1.54, 1.807) is 7.11 Å². The summed E-state index contributed by atoms with van der Waals surface area (Å²) in [5, 5.41) is 2.78. The summed E-state index contributed by atoms with van der Waals surface area (Å²) in [7, 11) is 1.14. The largest absolute Gasteiger partial charge is 0.453 e. The number of ether oxygens (including phenoxy) is 2. The summed E-state index contributed by atoms with van der Waals surface area (Å²) in [6, 6.07) is 0. The summed E-state index contributed by atoms with van der Waals surface area (Å²) >= 11 is 0. The molecule has 5 nitrogen and oxygen atoms in total. The minimum atomic E-state index is -1.73. The lowest BCUT2D eigenvalue weighted by Crippen LogP contribution is -2.43. The molecule has 0 aliphatic carbocycles. The lowest BCUT2D eigenvalue weighted by molar-refractivity contribution is 0.0499. The van der Waals surface area contributed by atoms with Crippen molar-refractivity contribution in [2.24, 2.45) is 0 Å². The summed E-state index contributed by atoms with van der Waals surface area (Å²) in [5.41, 5.74) is 0. The maximum absolute atomic E-state index is 11.1. The fraction of sp³-hybridized carbons (Fsp3) is 0.917. The van der Waals surface area contributed by atoms with Gasteiger partial charge in [-0.25, -0.2) is 4.79 Å². The number of methoxy groups -OCH3 is 2. The molecule has 0 rings (SSSR count). The van der Waals surface area contributed by atoms with Crippen molar-refractivity contribution >= 4 is 14.4 Å². The molecule has 1 unspecified atom stereocenters. The van der Waals surface area contributed by atoms with E-state index in [0.717, 1.165) is 0 Å². The molecule has 1 atom stereocenters. The maximum atomic E-state index is 11.1. The van der Waals surface area contributed by atoms with Crippen molar-refractivity contribution in [1.82, 2.24) is 5.32 Å². The van der Waals surface area contributed by atoms with Gasteiger partial charge in [-0.15, -0.1) is 0 Å². The Morgan fingerprint density at radius 2 is 1.83 bits per heavy atom. The normalized spacial score (nSPS) is 14.2. The van der Waals surface area contributed by atoms with Crippen LogP contribution in [0.4, 0.5) is 4.79 Å². The van der Waals surface area contributed by atoms with Gasteiger partial charge in [0.25, 0.3) is 0 Å². The Morgan fingerprint density at radius 1 is 1.28 bits per heavy atom. The summed E-state index contributed by atoms with van der Waals surface area (Å²) in [5.74, 6) is 0. The number of amides is 1. The van der Waals surface area contributed by atoms with E-state index in [2.05, 4.69) is 43.9 Å². The van der Waals surface area contributed by atoms with Gasteiger partial charge in [-0.3, -0.25) is 5.32 Å². The standard InChI is InChI=1S/C12H27NO4Si/c1-12(2,3)18(6,7)17-9-8-10(15-4)13-11(14)16-5/h10H,8-9H2,1-7H3,(H,13,14). The van der Waals surface area contributed by atoms with Gasteiger partial charge in [0.15, 0.2) is 8.32 Å². The van der Waals surface area contributed by atoms with Crippen molar-refractivity contribution in [3.63, 3.8) is 0 Å². The van der Waals surface area contributed by atoms with Crippen LogP contribution in [0.5, 0.6) is 0 Å². The number of nitrogens with one attached hydrogen (secondary N) is 1. The Hall–Kier alpha value is -0.593.